The number of carboxylic acids is 1. The van der Waals surface area contributed by atoms with Crippen LogP contribution in [0.1, 0.15) is 43.5 Å². The standard InChI is InChI=1S/C19H25ClN2O4/c1-13(2)19(18(25)26)9-11-22(12-19)16(23)4-3-10-21-17(24)14-5-7-15(20)8-6-14/h5-8,13H,3-4,9-12H2,1-2H3,(H,21,24)(H,25,26). The van der Waals surface area contributed by atoms with Gasteiger partial charge in [0.25, 0.3) is 5.91 Å². The molecule has 1 heterocycles. The topological polar surface area (TPSA) is 86.7 Å². The lowest BCUT2D eigenvalue weighted by atomic mass is 9.76. The van der Waals surface area contributed by atoms with Crippen LogP contribution in [0.25, 0.3) is 0 Å². The third-order valence-corrected chi connectivity index (χ3v) is 5.40. The SMILES string of the molecule is CC(C)C1(C(=O)O)CCN(C(=O)CCCNC(=O)c2ccc(Cl)cc2)C1. The molecule has 7 heteroatoms. The molecule has 2 amide bonds. The van der Waals surface area contributed by atoms with Crippen molar-refractivity contribution >= 4 is 29.4 Å². The molecule has 0 aromatic heterocycles. The molecule has 6 nitrogen and oxygen atoms in total. The molecule has 0 saturated carbocycles. The predicted octanol–water partition coefficient (Wildman–Crippen LogP) is 2.81. The molecule has 2 rings (SSSR count). The molecule has 2 N–H and O–H groups in total. The summed E-state index contributed by atoms with van der Waals surface area (Å²) in [5.74, 6) is -1.14. The minimum absolute atomic E-state index is 0.0311. The number of nitrogens with zero attached hydrogens (tertiary/aromatic N) is 1. The summed E-state index contributed by atoms with van der Waals surface area (Å²) in [6.07, 6.45) is 1.28. The van der Waals surface area contributed by atoms with Crippen molar-refractivity contribution in [1.29, 1.82) is 0 Å². The first-order valence-corrected chi connectivity index (χ1v) is 9.19. The maximum atomic E-state index is 12.3. The number of hydrogen-bond donors (Lipinski definition) is 2. The van der Waals surface area contributed by atoms with E-state index in [-0.39, 0.29) is 30.7 Å². The molecule has 0 spiro atoms. The van der Waals surface area contributed by atoms with Gasteiger partial charge in [-0.25, -0.2) is 0 Å². The van der Waals surface area contributed by atoms with E-state index in [1.807, 2.05) is 13.8 Å². The first-order chi connectivity index (χ1) is 12.3. The highest BCUT2D eigenvalue weighted by Gasteiger charge is 2.48. The van der Waals surface area contributed by atoms with Gasteiger partial charge >= 0.3 is 5.97 Å². The van der Waals surface area contributed by atoms with Gasteiger partial charge < -0.3 is 15.3 Å². The number of carbonyl (C=O) groups is 3. The second kappa shape index (κ2) is 8.54. The van der Waals surface area contributed by atoms with Crippen molar-refractivity contribution in [2.75, 3.05) is 19.6 Å². The maximum absolute atomic E-state index is 12.3. The van der Waals surface area contributed by atoms with Crippen molar-refractivity contribution in [3.8, 4) is 0 Å². The van der Waals surface area contributed by atoms with Crippen LogP contribution in [-0.2, 0) is 9.59 Å². The summed E-state index contributed by atoms with van der Waals surface area (Å²) in [5.41, 5.74) is -0.332. The molecule has 1 atom stereocenters. The van der Waals surface area contributed by atoms with Crippen LogP contribution in [0.5, 0.6) is 0 Å². The number of aliphatic carboxylic acids is 1. The van der Waals surface area contributed by atoms with Crippen LogP contribution < -0.4 is 5.32 Å². The van der Waals surface area contributed by atoms with Crippen molar-refractivity contribution in [3.63, 3.8) is 0 Å². The number of likely N-dealkylation sites (tertiary alicyclic amines) is 1. The highest BCUT2D eigenvalue weighted by Crippen LogP contribution is 2.38. The van der Waals surface area contributed by atoms with Gasteiger partial charge in [0.2, 0.25) is 5.91 Å². The van der Waals surface area contributed by atoms with Gasteiger partial charge in [-0.15, -0.1) is 0 Å². The zero-order valence-corrected chi connectivity index (χ0v) is 15.9. The van der Waals surface area contributed by atoms with Crippen LogP contribution >= 0.6 is 11.6 Å². The third kappa shape index (κ3) is 4.55. The quantitative estimate of drug-likeness (QED) is 0.712. The van der Waals surface area contributed by atoms with Gasteiger partial charge in [-0.05, 0) is 43.0 Å². The van der Waals surface area contributed by atoms with Crippen molar-refractivity contribution in [3.05, 3.63) is 34.9 Å². The zero-order valence-electron chi connectivity index (χ0n) is 15.1. The minimum atomic E-state index is -0.849. The Kier molecular flexibility index (Phi) is 6.64. The summed E-state index contributed by atoms with van der Waals surface area (Å²) < 4.78 is 0. The van der Waals surface area contributed by atoms with Crippen LogP contribution in [-0.4, -0.2) is 47.4 Å². The van der Waals surface area contributed by atoms with Crippen molar-refractivity contribution in [1.82, 2.24) is 10.2 Å². The highest BCUT2D eigenvalue weighted by atomic mass is 35.5. The Morgan fingerprint density at radius 2 is 1.92 bits per heavy atom. The smallest absolute Gasteiger partial charge is 0.311 e. The largest absolute Gasteiger partial charge is 0.481 e. The number of hydrogen-bond acceptors (Lipinski definition) is 3. The number of carbonyl (C=O) groups excluding carboxylic acids is 2. The Labute approximate surface area is 158 Å². The number of carboxylic acid groups (broad SMARTS) is 1. The van der Waals surface area contributed by atoms with E-state index >= 15 is 0 Å². The zero-order chi connectivity index (χ0) is 19.3. The Morgan fingerprint density at radius 3 is 2.46 bits per heavy atom. The van der Waals surface area contributed by atoms with Gasteiger partial charge in [0.05, 0.1) is 5.41 Å². The van der Waals surface area contributed by atoms with E-state index in [1.54, 1.807) is 29.2 Å². The first-order valence-electron chi connectivity index (χ1n) is 8.81. The van der Waals surface area contributed by atoms with Gasteiger partial charge in [-0.1, -0.05) is 25.4 Å². The molecule has 26 heavy (non-hydrogen) atoms. The fraction of sp³-hybridized carbons (Fsp3) is 0.526. The first kappa shape index (κ1) is 20.2. The van der Waals surface area contributed by atoms with Gasteiger partial charge in [-0.3, -0.25) is 14.4 Å². The van der Waals surface area contributed by atoms with Crippen molar-refractivity contribution in [2.24, 2.45) is 11.3 Å². The lowest BCUT2D eigenvalue weighted by Crippen LogP contribution is -2.40. The van der Waals surface area contributed by atoms with Gasteiger partial charge in [0, 0.05) is 36.6 Å². The molecule has 1 aromatic rings. The average molecular weight is 381 g/mol. The van der Waals surface area contributed by atoms with Crippen molar-refractivity contribution < 1.29 is 19.5 Å². The summed E-state index contributed by atoms with van der Waals surface area (Å²) >= 11 is 5.79. The Balaban J connectivity index is 1.76. The molecule has 1 aromatic carbocycles. The molecule has 0 aliphatic carbocycles. The number of benzene rings is 1. The number of amides is 2. The number of nitrogens with one attached hydrogen (secondary N) is 1. The minimum Gasteiger partial charge on any atom is -0.481 e. The van der Waals surface area contributed by atoms with Crippen LogP contribution in [0.15, 0.2) is 24.3 Å². The molecular formula is C19H25ClN2O4. The predicted molar refractivity (Wildman–Crippen MR) is 99.1 cm³/mol. The lowest BCUT2D eigenvalue weighted by Gasteiger charge is -2.28. The molecule has 0 radical (unpaired) electrons. The normalized spacial score (nSPS) is 19.6. The second-order valence-electron chi connectivity index (χ2n) is 7.05. The van der Waals surface area contributed by atoms with Gasteiger partial charge in [-0.2, -0.15) is 0 Å². The van der Waals surface area contributed by atoms with E-state index in [0.29, 0.717) is 36.5 Å². The molecule has 0 bridgehead atoms. The number of halogens is 1. The van der Waals surface area contributed by atoms with Crippen LogP contribution in [0.2, 0.25) is 5.02 Å². The monoisotopic (exact) mass is 380 g/mol. The molecule has 1 aliphatic rings. The van der Waals surface area contributed by atoms with E-state index in [4.69, 9.17) is 11.6 Å². The summed E-state index contributed by atoms with van der Waals surface area (Å²) in [7, 11) is 0. The lowest BCUT2D eigenvalue weighted by molar-refractivity contribution is -0.151. The van der Waals surface area contributed by atoms with Crippen molar-refractivity contribution in [2.45, 2.75) is 33.1 Å². The highest BCUT2D eigenvalue weighted by molar-refractivity contribution is 6.30. The molecule has 1 unspecified atom stereocenters. The number of rotatable bonds is 7. The van der Waals surface area contributed by atoms with Crippen LogP contribution in [0.4, 0.5) is 0 Å². The summed E-state index contributed by atoms with van der Waals surface area (Å²) in [6, 6.07) is 6.59. The molecule has 142 valence electrons. The molecule has 1 aliphatic heterocycles. The van der Waals surface area contributed by atoms with Crippen LogP contribution in [0, 0.1) is 11.3 Å². The van der Waals surface area contributed by atoms with E-state index in [1.165, 1.54) is 0 Å². The van der Waals surface area contributed by atoms with Crippen LogP contribution in [0.3, 0.4) is 0 Å². The van der Waals surface area contributed by atoms with E-state index < -0.39 is 11.4 Å². The molecule has 1 saturated heterocycles. The fourth-order valence-electron chi connectivity index (χ4n) is 3.24. The summed E-state index contributed by atoms with van der Waals surface area (Å²) in [6.45, 7) is 4.88. The Hall–Kier alpha value is -2.08. The summed E-state index contributed by atoms with van der Waals surface area (Å²) in [5, 5.41) is 12.9. The van der Waals surface area contributed by atoms with E-state index in [2.05, 4.69) is 5.32 Å². The maximum Gasteiger partial charge on any atom is 0.311 e. The Bertz CT molecular complexity index is 675. The molecule has 1 fully saturated rings. The van der Waals surface area contributed by atoms with Gasteiger partial charge in [0.1, 0.15) is 0 Å². The average Bonchev–Trinajstić information content (AvgIpc) is 3.06. The fourth-order valence-corrected chi connectivity index (χ4v) is 3.37. The van der Waals surface area contributed by atoms with E-state index in [9.17, 15) is 19.5 Å². The second-order valence-corrected chi connectivity index (χ2v) is 7.48. The molecular weight excluding hydrogens is 356 g/mol. The van der Waals surface area contributed by atoms with E-state index in [0.717, 1.165) is 0 Å². The van der Waals surface area contributed by atoms with Gasteiger partial charge in [0.15, 0.2) is 0 Å². The Morgan fingerprint density at radius 1 is 1.27 bits per heavy atom. The summed E-state index contributed by atoms with van der Waals surface area (Å²) in [4.78, 5) is 37.6. The third-order valence-electron chi connectivity index (χ3n) is 5.14.